The summed E-state index contributed by atoms with van der Waals surface area (Å²) in [6.45, 7) is 3.14. The van der Waals surface area contributed by atoms with E-state index in [0.717, 1.165) is 0 Å². The lowest BCUT2D eigenvalue weighted by molar-refractivity contribution is -0.162. The number of thioether (sulfide) groups is 1. The summed E-state index contributed by atoms with van der Waals surface area (Å²) in [5, 5.41) is 4.66. The molecule has 2 saturated heterocycles. The second-order valence-corrected chi connectivity index (χ2v) is 12.2. The van der Waals surface area contributed by atoms with Crippen molar-refractivity contribution in [3.05, 3.63) is 35.9 Å². The SMILES string of the molecule is COC(=O)C1N2C(=O)C(NC(=O)C(NC(=O)OCC(Cl)(Cl)Cl)c3ccccc3)[C@H]2SC1(C)C. The van der Waals surface area contributed by atoms with Gasteiger partial charge in [-0.15, -0.1) is 11.8 Å². The van der Waals surface area contributed by atoms with E-state index in [9.17, 15) is 19.2 Å². The number of rotatable bonds is 6. The van der Waals surface area contributed by atoms with E-state index in [1.165, 1.54) is 23.8 Å². The number of β-lactam (4-membered cyclic amide) rings is 1. The summed E-state index contributed by atoms with van der Waals surface area (Å²) in [6.07, 6.45) is -0.978. The molecule has 3 amide bonds. The predicted molar refractivity (Wildman–Crippen MR) is 124 cm³/mol. The molecular weight excluding hydrogens is 517 g/mol. The van der Waals surface area contributed by atoms with Gasteiger partial charge in [0.15, 0.2) is 0 Å². The standard InChI is InChI=1S/C20H22Cl3N3O6S/c1-19(2)13(17(29)31-3)26-15(28)12(16(26)33-19)24-14(27)11(10-7-5-4-6-8-10)25-18(30)32-9-20(21,22)23/h4-8,11-13,16H,9H2,1-3H3,(H,24,27)(H,25,30)/t11?,12?,13?,16-/m1/s1. The predicted octanol–water partition coefficient (Wildman–Crippen LogP) is 2.54. The zero-order valence-electron chi connectivity index (χ0n) is 17.8. The lowest BCUT2D eigenvalue weighted by Gasteiger charge is -2.44. The van der Waals surface area contributed by atoms with E-state index < -0.39 is 62.5 Å². The Bertz CT molecular complexity index is 943. The monoisotopic (exact) mass is 537 g/mol. The molecule has 0 radical (unpaired) electrons. The molecule has 2 aliphatic rings. The molecule has 180 valence electrons. The quantitative estimate of drug-likeness (QED) is 0.325. The molecule has 33 heavy (non-hydrogen) atoms. The molecule has 0 aromatic heterocycles. The van der Waals surface area contributed by atoms with Crippen LogP contribution in [0.15, 0.2) is 30.3 Å². The minimum absolute atomic E-state index is 0.410. The number of carbonyl (C=O) groups excluding carboxylic acids is 4. The molecule has 0 aliphatic carbocycles. The minimum Gasteiger partial charge on any atom is -0.467 e. The van der Waals surface area contributed by atoms with E-state index in [2.05, 4.69) is 10.6 Å². The number of carbonyl (C=O) groups is 4. The van der Waals surface area contributed by atoms with Crippen molar-refractivity contribution in [1.82, 2.24) is 15.5 Å². The molecule has 1 aromatic carbocycles. The van der Waals surface area contributed by atoms with Crippen molar-refractivity contribution in [2.45, 2.75) is 45.9 Å². The zero-order chi connectivity index (χ0) is 24.6. The fourth-order valence-corrected chi connectivity index (χ4v) is 5.51. The van der Waals surface area contributed by atoms with Crippen LogP contribution in [0, 0.1) is 0 Å². The van der Waals surface area contributed by atoms with E-state index in [4.69, 9.17) is 44.3 Å². The maximum atomic E-state index is 13.1. The zero-order valence-corrected chi connectivity index (χ0v) is 20.9. The Balaban J connectivity index is 1.73. The highest BCUT2D eigenvalue weighted by Gasteiger charge is 2.64. The summed E-state index contributed by atoms with van der Waals surface area (Å²) in [5.41, 5.74) is 0.455. The Morgan fingerprint density at radius 3 is 2.42 bits per heavy atom. The number of nitrogens with zero attached hydrogens (tertiary/aromatic N) is 1. The van der Waals surface area contributed by atoms with E-state index in [-0.39, 0.29) is 0 Å². The molecule has 0 bridgehead atoms. The van der Waals surface area contributed by atoms with E-state index >= 15 is 0 Å². The fraction of sp³-hybridized carbons (Fsp3) is 0.500. The largest absolute Gasteiger partial charge is 0.467 e. The fourth-order valence-electron chi connectivity index (χ4n) is 3.73. The second-order valence-electron chi connectivity index (χ2n) is 7.95. The first-order chi connectivity index (χ1) is 15.4. The lowest BCUT2D eigenvalue weighted by atomic mass is 9.95. The number of amides is 3. The summed E-state index contributed by atoms with van der Waals surface area (Å²) >= 11 is 18.2. The summed E-state index contributed by atoms with van der Waals surface area (Å²) in [5.74, 6) is -1.56. The van der Waals surface area contributed by atoms with E-state index in [1.54, 1.807) is 30.3 Å². The molecule has 2 fully saturated rings. The number of methoxy groups -OCH3 is 1. The van der Waals surface area contributed by atoms with Crippen LogP contribution in [-0.2, 0) is 23.9 Å². The van der Waals surface area contributed by atoms with Crippen molar-refractivity contribution >= 4 is 70.4 Å². The lowest BCUT2D eigenvalue weighted by Crippen LogP contribution is -2.71. The summed E-state index contributed by atoms with van der Waals surface area (Å²) in [4.78, 5) is 51.8. The molecule has 2 heterocycles. The van der Waals surface area contributed by atoms with Gasteiger partial charge < -0.3 is 25.0 Å². The van der Waals surface area contributed by atoms with Gasteiger partial charge >= 0.3 is 12.1 Å². The molecule has 0 spiro atoms. The first-order valence-corrected chi connectivity index (χ1v) is 11.8. The number of hydrogen-bond donors (Lipinski definition) is 2. The minimum atomic E-state index is -1.81. The number of ether oxygens (including phenoxy) is 2. The van der Waals surface area contributed by atoms with Gasteiger partial charge in [0.05, 0.1) is 7.11 Å². The van der Waals surface area contributed by atoms with Gasteiger partial charge in [-0.05, 0) is 19.4 Å². The Morgan fingerprint density at radius 1 is 1.21 bits per heavy atom. The highest BCUT2D eigenvalue weighted by Crippen LogP contribution is 2.51. The van der Waals surface area contributed by atoms with Crippen molar-refractivity contribution in [3.8, 4) is 0 Å². The molecule has 3 rings (SSSR count). The number of hydrogen-bond acceptors (Lipinski definition) is 7. The van der Waals surface area contributed by atoms with Crippen molar-refractivity contribution in [2.24, 2.45) is 0 Å². The molecular formula is C20H22Cl3N3O6S. The number of benzene rings is 1. The number of esters is 1. The average molecular weight is 539 g/mol. The maximum absolute atomic E-state index is 13.1. The average Bonchev–Trinajstić information content (AvgIpc) is 3.01. The van der Waals surface area contributed by atoms with Gasteiger partial charge in [0.1, 0.15) is 30.1 Å². The second kappa shape index (κ2) is 9.77. The van der Waals surface area contributed by atoms with E-state index in [0.29, 0.717) is 5.56 Å². The summed E-state index contributed by atoms with van der Waals surface area (Å²) in [6, 6.07) is 5.58. The van der Waals surface area contributed by atoms with Gasteiger partial charge in [0.2, 0.25) is 15.6 Å². The van der Waals surface area contributed by atoms with Crippen LogP contribution in [0.25, 0.3) is 0 Å². The Kier molecular flexibility index (Phi) is 7.62. The van der Waals surface area contributed by atoms with Crippen LogP contribution >= 0.6 is 46.6 Å². The summed E-state index contributed by atoms with van der Waals surface area (Å²) < 4.78 is 7.30. The highest BCUT2D eigenvalue weighted by atomic mass is 35.6. The van der Waals surface area contributed by atoms with Gasteiger partial charge in [-0.25, -0.2) is 9.59 Å². The van der Waals surface area contributed by atoms with Crippen molar-refractivity contribution in [1.29, 1.82) is 0 Å². The molecule has 2 N–H and O–H groups in total. The Hall–Kier alpha value is -1.88. The number of fused-ring (bicyclic) bond motifs is 1. The van der Waals surface area contributed by atoms with Gasteiger partial charge in [-0.2, -0.15) is 0 Å². The highest BCUT2D eigenvalue weighted by molar-refractivity contribution is 8.01. The third-order valence-corrected chi connectivity index (χ3v) is 7.09. The maximum Gasteiger partial charge on any atom is 0.408 e. The smallest absolute Gasteiger partial charge is 0.408 e. The molecule has 9 nitrogen and oxygen atoms in total. The van der Waals surface area contributed by atoms with Crippen LogP contribution in [0.3, 0.4) is 0 Å². The molecule has 3 unspecified atom stereocenters. The van der Waals surface area contributed by atoms with Crippen LogP contribution in [-0.4, -0.2) is 68.5 Å². The third-order valence-electron chi connectivity index (χ3n) is 5.19. The number of alkyl halides is 3. The van der Waals surface area contributed by atoms with Crippen LogP contribution in [0.5, 0.6) is 0 Å². The van der Waals surface area contributed by atoms with Crippen molar-refractivity contribution in [2.75, 3.05) is 13.7 Å². The molecule has 13 heteroatoms. The number of alkyl carbamates (subject to hydrolysis) is 1. The van der Waals surface area contributed by atoms with Crippen molar-refractivity contribution < 1.29 is 28.7 Å². The molecule has 2 aliphatic heterocycles. The van der Waals surface area contributed by atoms with Crippen LogP contribution < -0.4 is 10.6 Å². The molecule has 4 atom stereocenters. The molecule has 1 aromatic rings. The Labute approximate surface area is 209 Å². The van der Waals surface area contributed by atoms with Gasteiger partial charge in [-0.1, -0.05) is 65.1 Å². The van der Waals surface area contributed by atoms with Crippen LogP contribution in [0.2, 0.25) is 0 Å². The Morgan fingerprint density at radius 2 is 1.85 bits per heavy atom. The summed E-state index contributed by atoms with van der Waals surface area (Å²) in [7, 11) is 1.26. The van der Waals surface area contributed by atoms with Crippen LogP contribution in [0.1, 0.15) is 25.5 Å². The topological polar surface area (TPSA) is 114 Å². The van der Waals surface area contributed by atoms with Crippen molar-refractivity contribution in [3.63, 3.8) is 0 Å². The van der Waals surface area contributed by atoms with Gasteiger partial charge in [0.25, 0.3) is 0 Å². The van der Waals surface area contributed by atoms with Gasteiger partial charge in [-0.3, -0.25) is 9.59 Å². The normalized spacial score (nSPS) is 24.2. The first-order valence-electron chi connectivity index (χ1n) is 9.79. The van der Waals surface area contributed by atoms with E-state index in [1.807, 2.05) is 13.8 Å². The number of nitrogens with one attached hydrogen (secondary N) is 2. The first kappa shape index (κ1) is 25.7. The van der Waals surface area contributed by atoms with Gasteiger partial charge in [0, 0.05) is 4.75 Å². The third kappa shape index (κ3) is 5.62. The van der Waals surface area contributed by atoms with Crippen LogP contribution in [0.4, 0.5) is 4.79 Å². The number of halogens is 3. The molecule has 0 saturated carbocycles.